The number of benzene rings is 10. The van der Waals surface area contributed by atoms with Crippen molar-refractivity contribution in [3.8, 4) is 44.5 Å². The van der Waals surface area contributed by atoms with Crippen LogP contribution < -0.4 is 4.90 Å². The van der Waals surface area contributed by atoms with E-state index in [0.717, 1.165) is 17.1 Å². The molecule has 63 heavy (non-hydrogen) atoms. The quantitative estimate of drug-likeness (QED) is 0.140. The molecule has 1 aromatic heterocycles. The van der Waals surface area contributed by atoms with Crippen LogP contribution in [0.5, 0.6) is 0 Å². The molecule has 11 rings (SSSR count). The highest BCUT2D eigenvalue weighted by atomic mass is 32.1. The first-order valence-electron chi connectivity index (χ1n) is 21.8. The van der Waals surface area contributed by atoms with E-state index in [4.69, 9.17) is 0 Å². The molecule has 0 amide bonds. The molecule has 0 unspecified atom stereocenters. The minimum atomic E-state index is 0.132. The number of fused-ring (bicyclic) bond motifs is 4. The van der Waals surface area contributed by atoms with E-state index in [1.807, 2.05) is 11.3 Å². The third kappa shape index (κ3) is 7.29. The van der Waals surface area contributed by atoms with E-state index in [2.05, 4.69) is 249 Å². The molecule has 10 aromatic carbocycles. The van der Waals surface area contributed by atoms with Gasteiger partial charge < -0.3 is 4.90 Å². The number of hydrogen-bond acceptors (Lipinski definition) is 2. The Morgan fingerprint density at radius 2 is 0.952 bits per heavy atom. The Kier molecular flexibility index (Phi) is 10.00. The largest absolute Gasteiger partial charge is 0.310 e. The van der Waals surface area contributed by atoms with Gasteiger partial charge in [0.15, 0.2) is 0 Å². The van der Waals surface area contributed by atoms with E-state index in [-0.39, 0.29) is 5.92 Å². The molecule has 1 heterocycles. The van der Waals surface area contributed by atoms with Crippen molar-refractivity contribution < 1.29 is 0 Å². The molecule has 0 aliphatic rings. The van der Waals surface area contributed by atoms with Gasteiger partial charge in [-0.25, -0.2) is 0 Å². The highest BCUT2D eigenvalue weighted by Crippen LogP contribution is 2.46. The summed E-state index contributed by atoms with van der Waals surface area (Å²) in [6, 6.07) is 84.6. The van der Waals surface area contributed by atoms with Gasteiger partial charge in [-0.05, 0) is 140 Å². The molecule has 0 spiro atoms. The van der Waals surface area contributed by atoms with Crippen molar-refractivity contribution in [2.24, 2.45) is 0 Å². The van der Waals surface area contributed by atoms with E-state index >= 15 is 0 Å². The SMILES string of the molecule is Cc1ccccc1-c1cc(-c2ccccc2)ccc1[C@H](C)c1cc(-c2ccc(N(c3ccc(-c4ccccc4)cc3)c3ccc4ccccc4c3)cc2)c2sc3ccccc3c2c1. The normalized spacial score (nSPS) is 11.9. The third-order valence-electron chi connectivity index (χ3n) is 12.7. The van der Waals surface area contributed by atoms with Crippen molar-refractivity contribution in [2.75, 3.05) is 4.90 Å². The van der Waals surface area contributed by atoms with Crippen molar-refractivity contribution in [2.45, 2.75) is 19.8 Å². The second-order valence-corrected chi connectivity index (χ2v) is 17.6. The lowest BCUT2D eigenvalue weighted by atomic mass is 9.83. The van der Waals surface area contributed by atoms with E-state index in [1.165, 1.54) is 92.1 Å². The van der Waals surface area contributed by atoms with Crippen molar-refractivity contribution >= 4 is 59.3 Å². The first-order valence-corrected chi connectivity index (χ1v) is 22.6. The van der Waals surface area contributed by atoms with Crippen molar-refractivity contribution in [3.05, 3.63) is 247 Å². The summed E-state index contributed by atoms with van der Waals surface area (Å²) >= 11 is 1.90. The molecular weight excluding hydrogens is 779 g/mol. The maximum Gasteiger partial charge on any atom is 0.0468 e. The van der Waals surface area contributed by atoms with Crippen LogP contribution in [0.4, 0.5) is 17.1 Å². The lowest BCUT2D eigenvalue weighted by Gasteiger charge is -2.26. The van der Waals surface area contributed by atoms with E-state index in [1.54, 1.807) is 0 Å². The molecule has 1 atom stereocenters. The highest BCUT2D eigenvalue weighted by Gasteiger charge is 2.21. The zero-order valence-corrected chi connectivity index (χ0v) is 36.2. The van der Waals surface area contributed by atoms with Crippen LogP contribution in [0.25, 0.3) is 75.5 Å². The van der Waals surface area contributed by atoms with Crippen LogP contribution in [-0.2, 0) is 0 Å². The Labute approximate surface area is 373 Å². The molecule has 0 aliphatic carbocycles. The highest BCUT2D eigenvalue weighted by molar-refractivity contribution is 7.26. The molecule has 2 heteroatoms. The van der Waals surface area contributed by atoms with Crippen LogP contribution in [0.15, 0.2) is 231 Å². The van der Waals surface area contributed by atoms with Gasteiger partial charge in [-0.2, -0.15) is 0 Å². The number of nitrogens with zero attached hydrogens (tertiary/aromatic N) is 1. The van der Waals surface area contributed by atoms with E-state index in [9.17, 15) is 0 Å². The van der Waals surface area contributed by atoms with Crippen molar-refractivity contribution in [1.82, 2.24) is 0 Å². The lowest BCUT2D eigenvalue weighted by molar-refractivity contribution is 0.928. The second kappa shape index (κ2) is 16.4. The fourth-order valence-electron chi connectivity index (χ4n) is 9.33. The summed E-state index contributed by atoms with van der Waals surface area (Å²) in [5.74, 6) is 0.132. The molecule has 11 aromatic rings. The zero-order valence-electron chi connectivity index (χ0n) is 35.4. The zero-order chi connectivity index (χ0) is 42.3. The molecule has 0 bridgehead atoms. The molecule has 0 aliphatic heterocycles. The molecule has 1 nitrogen and oxygen atoms in total. The molecule has 300 valence electrons. The summed E-state index contributed by atoms with van der Waals surface area (Å²) in [7, 11) is 0. The first-order chi connectivity index (χ1) is 31.1. The predicted octanol–water partition coefficient (Wildman–Crippen LogP) is 17.8. The monoisotopic (exact) mass is 823 g/mol. The smallest absolute Gasteiger partial charge is 0.0468 e. The maximum atomic E-state index is 2.47. The van der Waals surface area contributed by atoms with Crippen LogP contribution in [0.1, 0.15) is 29.5 Å². The summed E-state index contributed by atoms with van der Waals surface area (Å²) in [6.45, 7) is 4.61. The fraction of sp³-hybridized carbons (Fsp3) is 0.0492. The standard InChI is InChI=1S/C61H45NS/c1-41-15-9-12-22-54(41)58-38-49(44-18-7-4-8-19-44)30-36-55(58)42(2)50-39-57(61-59(40-50)56-23-13-14-24-60(56)63-61)47-28-33-52(34-29-47)62(53-35-27-45-20-10-11-21-48(45)37-53)51-31-25-46(26-32-51)43-16-5-3-6-17-43/h3-40,42H,1-2H3/t42-/m1/s1. The minimum absolute atomic E-state index is 0.132. The summed E-state index contributed by atoms with van der Waals surface area (Å²) in [5.41, 5.74) is 17.2. The van der Waals surface area contributed by atoms with Crippen molar-refractivity contribution in [1.29, 1.82) is 0 Å². The summed E-state index contributed by atoms with van der Waals surface area (Å²) in [4.78, 5) is 2.38. The number of thiophene rings is 1. The molecular formula is C61H45NS. The number of hydrogen-bond donors (Lipinski definition) is 0. The van der Waals surface area contributed by atoms with Crippen LogP contribution in [0, 0.1) is 6.92 Å². The number of anilines is 3. The molecule has 0 N–H and O–H groups in total. The Morgan fingerprint density at radius 1 is 0.381 bits per heavy atom. The average Bonchev–Trinajstić information content (AvgIpc) is 3.73. The van der Waals surface area contributed by atoms with E-state index in [0.29, 0.717) is 0 Å². The van der Waals surface area contributed by atoms with Gasteiger partial charge in [0, 0.05) is 43.2 Å². The van der Waals surface area contributed by atoms with Gasteiger partial charge >= 0.3 is 0 Å². The Bertz CT molecular complexity index is 3400. The molecule has 0 fully saturated rings. The van der Waals surface area contributed by atoms with Gasteiger partial charge in [-0.15, -0.1) is 11.3 Å². The van der Waals surface area contributed by atoms with Crippen LogP contribution in [-0.4, -0.2) is 0 Å². The summed E-state index contributed by atoms with van der Waals surface area (Å²) in [5, 5.41) is 5.07. The number of aryl methyl sites for hydroxylation is 1. The molecule has 0 radical (unpaired) electrons. The fourth-order valence-corrected chi connectivity index (χ4v) is 10.6. The van der Waals surface area contributed by atoms with Crippen LogP contribution in [0.3, 0.4) is 0 Å². The van der Waals surface area contributed by atoms with Gasteiger partial charge in [-0.1, -0.05) is 177 Å². The topological polar surface area (TPSA) is 3.24 Å². The van der Waals surface area contributed by atoms with Gasteiger partial charge in [0.25, 0.3) is 0 Å². The van der Waals surface area contributed by atoms with Crippen LogP contribution >= 0.6 is 11.3 Å². The lowest BCUT2D eigenvalue weighted by Crippen LogP contribution is -2.09. The second-order valence-electron chi connectivity index (χ2n) is 16.6. The maximum absolute atomic E-state index is 2.47. The molecule has 0 saturated carbocycles. The van der Waals surface area contributed by atoms with Gasteiger partial charge in [0.05, 0.1) is 0 Å². The van der Waals surface area contributed by atoms with Gasteiger partial charge in [0.1, 0.15) is 0 Å². The van der Waals surface area contributed by atoms with Crippen LogP contribution in [0.2, 0.25) is 0 Å². The predicted molar refractivity (Wildman–Crippen MR) is 272 cm³/mol. The molecule has 0 saturated heterocycles. The van der Waals surface area contributed by atoms with Gasteiger partial charge in [0.2, 0.25) is 0 Å². The van der Waals surface area contributed by atoms with E-state index < -0.39 is 0 Å². The first kappa shape index (κ1) is 38.4. The Hall–Kier alpha value is -7.52. The Morgan fingerprint density at radius 3 is 1.68 bits per heavy atom. The van der Waals surface area contributed by atoms with Gasteiger partial charge in [-0.3, -0.25) is 0 Å². The number of rotatable bonds is 9. The van der Waals surface area contributed by atoms with Crippen molar-refractivity contribution in [3.63, 3.8) is 0 Å². The third-order valence-corrected chi connectivity index (χ3v) is 13.9. The average molecular weight is 824 g/mol. The summed E-state index contributed by atoms with van der Waals surface area (Å²) in [6.07, 6.45) is 0. The summed E-state index contributed by atoms with van der Waals surface area (Å²) < 4.78 is 2.63. The minimum Gasteiger partial charge on any atom is -0.310 e. The Balaban J connectivity index is 1.04.